The Morgan fingerprint density at radius 3 is 2.00 bits per heavy atom. The molecule has 1 fully saturated rings. The van der Waals surface area contributed by atoms with Crippen molar-refractivity contribution in [2.45, 2.75) is 65.2 Å². The second kappa shape index (κ2) is 9.13. The number of nitrogens with zero attached hydrogens (tertiary/aromatic N) is 4. The summed E-state index contributed by atoms with van der Waals surface area (Å²) in [5.41, 5.74) is 5.86. The maximum Gasteiger partial charge on any atom is 0.265 e. The van der Waals surface area contributed by atoms with Crippen molar-refractivity contribution in [3.05, 3.63) is 93.3 Å². The van der Waals surface area contributed by atoms with E-state index in [9.17, 15) is 14.4 Å². The zero-order valence-electron chi connectivity index (χ0n) is 26.6. The normalized spacial score (nSPS) is 16.0. The van der Waals surface area contributed by atoms with Crippen molar-refractivity contribution in [1.29, 1.82) is 0 Å². The van der Waals surface area contributed by atoms with Crippen molar-refractivity contribution in [2.24, 2.45) is 0 Å². The molecule has 8 rings (SSSR count). The van der Waals surface area contributed by atoms with Crippen LogP contribution in [0.1, 0.15) is 86.2 Å². The third-order valence-electron chi connectivity index (χ3n) is 9.72. The van der Waals surface area contributed by atoms with Gasteiger partial charge in [-0.2, -0.15) is 0 Å². The summed E-state index contributed by atoms with van der Waals surface area (Å²) in [6.45, 7) is 14.6. The van der Waals surface area contributed by atoms with Gasteiger partial charge in [-0.3, -0.25) is 18.8 Å². The molecular formula is C38H36N4O3. The number of hydrogen-bond acceptors (Lipinski definition) is 5. The first-order chi connectivity index (χ1) is 21.3. The number of aromatic nitrogens is 2. The van der Waals surface area contributed by atoms with Gasteiger partial charge in [0, 0.05) is 51.4 Å². The topological polar surface area (TPSA) is 75.0 Å². The van der Waals surface area contributed by atoms with Crippen LogP contribution in [0.4, 0.5) is 11.4 Å². The van der Waals surface area contributed by atoms with Crippen molar-refractivity contribution >= 4 is 61.4 Å². The Balaban J connectivity index is 1.37. The number of imidazole rings is 1. The van der Waals surface area contributed by atoms with Gasteiger partial charge in [0.25, 0.3) is 17.4 Å². The highest BCUT2D eigenvalue weighted by Gasteiger charge is 2.38. The molecule has 0 N–H and O–H groups in total. The summed E-state index contributed by atoms with van der Waals surface area (Å²) in [5.74, 6) is -0.760. The highest BCUT2D eigenvalue weighted by atomic mass is 16.2. The van der Waals surface area contributed by atoms with Crippen molar-refractivity contribution in [3.63, 3.8) is 0 Å². The molecule has 7 heteroatoms. The van der Waals surface area contributed by atoms with Crippen LogP contribution in [0.2, 0.25) is 0 Å². The maximum absolute atomic E-state index is 14.4. The third kappa shape index (κ3) is 3.89. The van der Waals surface area contributed by atoms with Crippen LogP contribution >= 0.6 is 0 Å². The Morgan fingerprint density at radius 1 is 0.689 bits per heavy atom. The molecule has 45 heavy (non-hydrogen) atoms. The summed E-state index contributed by atoms with van der Waals surface area (Å²) in [4.78, 5) is 51.6. The number of carbonyl (C=O) groups excluding carboxylic acids is 2. The fourth-order valence-corrected chi connectivity index (χ4v) is 7.33. The lowest BCUT2D eigenvalue weighted by atomic mass is 9.80. The molecule has 0 spiro atoms. The molecule has 226 valence electrons. The van der Waals surface area contributed by atoms with E-state index in [-0.39, 0.29) is 28.2 Å². The lowest BCUT2D eigenvalue weighted by Crippen LogP contribution is -2.42. The summed E-state index contributed by atoms with van der Waals surface area (Å²) < 4.78 is 1.70. The molecule has 0 aliphatic carbocycles. The highest BCUT2D eigenvalue weighted by molar-refractivity contribution is 6.39. The second-order valence-corrected chi connectivity index (χ2v) is 14.7. The molecule has 0 unspecified atom stereocenters. The van der Waals surface area contributed by atoms with Crippen LogP contribution in [0.3, 0.4) is 0 Å². The quantitative estimate of drug-likeness (QED) is 0.193. The minimum absolute atomic E-state index is 0.174. The summed E-state index contributed by atoms with van der Waals surface area (Å²) >= 11 is 0. The molecule has 7 nitrogen and oxygen atoms in total. The number of hydrogen-bond donors (Lipinski definition) is 0. The first kappa shape index (κ1) is 27.7. The Morgan fingerprint density at radius 2 is 1.36 bits per heavy atom. The van der Waals surface area contributed by atoms with E-state index in [0.29, 0.717) is 38.6 Å². The maximum atomic E-state index is 14.4. The van der Waals surface area contributed by atoms with Gasteiger partial charge in [0.1, 0.15) is 5.65 Å². The number of fused-ring (bicyclic) bond motifs is 4. The van der Waals surface area contributed by atoms with Crippen molar-refractivity contribution in [2.75, 3.05) is 22.9 Å². The SMILES string of the molecule is CC(C)(C)c1ccc(C(C)(C)C)c(N2C(=O)c3ccc4c(=O)n5c6cc(N7CCCC7)ccc6nc5c5ccc(c3c45)C2=O)c1. The molecule has 0 atom stereocenters. The zero-order valence-corrected chi connectivity index (χ0v) is 26.6. The molecule has 2 aliphatic heterocycles. The fraction of sp³-hybridized carbons (Fsp3) is 0.316. The predicted molar refractivity (Wildman–Crippen MR) is 182 cm³/mol. The van der Waals surface area contributed by atoms with E-state index in [1.807, 2.05) is 24.3 Å². The third-order valence-corrected chi connectivity index (χ3v) is 9.72. The van der Waals surface area contributed by atoms with Gasteiger partial charge in [-0.15, -0.1) is 0 Å². The predicted octanol–water partition coefficient (Wildman–Crippen LogP) is 7.59. The van der Waals surface area contributed by atoms with E-state index in [4.69, 9.17) is 4.98 Å². The first-order valence-electron chi connectivity index (χ1n) is 15.8. The smallest absolute Gasteiger partial charge is 0.265 e. The molecule has 0 radical (unpaired) electrons. The molecule has 4 aromatic carbocycles. The number of rotatable bonds is 2. The van der Waals surface area contributed by atoms with Crippen LogP contribution in [-0.4, -0.2) is 34.3 Å². The van der Waals surface area contributed by atoms with Gasteiger partial charge in [-0.05, 0) is 83.3 Å². The molecule has 0 saturated carbocycles. The minimum atomic E-state index is -0.380. The van der Waals surface area contributed by atoms with Gasteiger partial charge in [0.05, 0.1) is 16.7 Å². The molecule has 2 aromatic heterocycles. The molecule has 2 amide bonds. The monoisotopic (exact) mass is 596 g/mol. The van der Waals surface area contributed by atoms with E-state index in [1.165, 1.54) is 4.90 Å². The molecule has 2 aliphatic rings. The minimum Gasteiger partial charge on any atom is -0.371 e. The summed E-state index contributed by atoms with van der Waals surface area (Å²) in [7, 11) is 0. The Labute approximate surface area is 261 Å². The largest absolute Gasteiger partial charge is 0.371 e. The van der Waals surface area contributed by atoms with Crippen LogP contribution in [0.5, 0.6) is 0 Å². The van der Waals surface area contributed by atoms with Gasteiger partial charge in [0.2, 0.25) is 0 Å². The van der Waals surface area contributed by atoms with E-state index >= 15 is 0 Å². The van der Waals surface area contributed by atoms with Gasteiger partial charge in [-0.1, -0.05) is 53.7 Å². The van der Waals surface area contributed by atoms with Gasteiger partial charge in [0.15, 0.2) is 0 Å². The van der Waals surface area contributed by atoms with Gasteiger partial charge >= 0.3 is 0 Å². The molecule has 4 heterocycles. The van der Waals surface area contributed by atoms with Crippen LogP contribution in [0.15, 0.2) is 65.5 Å². The second-order valence-electron chi connectivity index (χ2n) is 14.7. The number of amides is 2. The Kier molecular flexibility index (Phi) is 5.63. The van der Waals surface area contributed by atoms with E-state index < -0.39 is 0 Å². The Hall–Kier alpha value is -4.78. The highest BCUT2D eigenvalue weighted by Crippen LogP contribution is 2.42. The number of pyridine rings is 1. The van der Waals surface area contributed by atoms with Crippen molar-refractivity contribution in [3.8, 4) is 0 Å². The van der Waals surface area contributed by atoms with E-state index in [2.05, 4.69) is 64.6 Å². The first-order valence-corrected chi connectivity index (χ1v) is 15.8. The van der Waals surface area contributed by atoms with Crippen LogP contribution < -0.4 is 15.4 Å². The lowest BCUT2D eigenvalue weighted by molar-refractivity contribution is 0.0893. The summed E-state index contributed by atoms with van der Waals surface area (Å²) in [6.07, 6.45) is 2.33. The fourth-order valence-electron chi connectivity index (χ4n) is 7.33. The molecule has 0 bridgehead atoms. The van der Waals surface area contributed by atoms with E-state index in [0.717, 1.165) is 59.2 Å². The van der Waals surface area contributed by atoms with Crippen LogP contribution in [0.25, 0.3) is 38.2 Å². The average molecular weight is 597 g/mol. The summed E-state index contributed by atoms with van der Waals surface area (Å²) in [6, 6.07) is 19.4. The van der Waals surface area contributed by atoms with Gasteiger partial charge in [-0.25, -0.2) is 9.88 Å². The van der Waals surface area contributed by atoms with Crippen LogP contribution in [-0.2, 0) is 10.8 Å². The van der Waals surface area contributed by atoms with Crippen molar-refractivity contribution < 1.29 is 9.59 Å². The molecular weight excluding hydrogens is 560 g/mol. The zero-order chi connectivity index (χ0) is 31.6. The van der Waals surface area contributed by atoms with Gasteiger partial charge < -0.3 is 4.90 Å². The Bertz CT molecular complexity index is 2290. The standard InChI is InChI=1S/C38H36N4O3/c1-37(2,3)21-9-15-27(38(4,5)6)29(19-21)42-35(44)25-12-11-23-31-24(13-14-26(32(25)31)36(42)45)34(43)41-30-20-22(40-17-7-8-18-40)10-16-28(30)39-33(23)41/h9-16,19-20H,7-8,17-18H2,1-6H3. The number of benzene rings is 4. The average Bonchev–Trinajstić information content (AvgIpc) is 3.66. The number of carbonyl (C=O) groups is 2. The van der Waals surface area contributed by atoms with Crippen molar-refractivity contribution in [1.82, 2.24) is 9.38 Å². The molecule has 6 aromatic rings. The van der Waals surface area contributed by atoms with E-state index in [1.54, 1.807) is 22.6 Å². The summed E-state index contributed by atoms with van der Waals surface area (Å²) in [5, 5.41) is 2.38. The van der Waals surface area contributed by atoms with Crippen LogP contribution in [0, 0.1) is 0 Å². The number of anilines is 2. The number of imide groups is 1. The molecule has 1 saturated heterocycles. The lowest BCUT2D eigenvalue weighted by Gasteiger charge is -2.34.